The van der Waals surface area contributed by atoms with Gasteiger partial charge < -0.3 is 24.6 Å². The van der Waals surface area contributed by atoms with Gasteiger partial charge in [0.05, 0.1) is 32.7 Å². The number of carbonyl (C=O) groups is 2. The summed E-state index contributed by atoms with van der Waals surface area (Å²) in [5.41, 5.74) is 0.888. The van der Waals surface area contributed by atoms with E-state index in [2.05, 4.69) is 29.2 Å². The highest BCUT2D eigenvalue weighted by molar-refractivity contribution is 5.81. The second-order valence-electron chi connectivity index (χ2n) is 10.00. The first-order valence-electron chi connectivity index (χ1n) is 11.4. The van der Waals surface area contributed by atoms with Crippen molar-refractivity contribution in [1.82, 2.24) is 4.90 Å². The maximum absolute atomic E-state index is 12.8. The number of anilines is 1. The summed E-state index contributed by atoms with van der Waals surface area (Å²) < 4.78 is 0. The molecule has 0 saturated carbocycles. The quantitative estimate of drug-likeness (QED) is 0.732. The number of para-hydroxylation sites is 1. The number of carboxylic acid groups (broad SMARTS) is 1. The molecule has 2 atom stereocenters. The van der Waals surface area contributed by atoms with Gasteiger partial charge in [-0.25, -0.2) is 0 Å². The van der Waals surface area contributed by atoms with Crippen molar-refractivity contribution in [1.29, 1.82) is 0 Å². The minimum absolute atomic E-state index is 0.110. The molecule has 1 aromatic carbocycles. The van der Waals surface area contributed by atoms with Gasteiger partial charge in [0.1, 0.15) is 0 Å². The number of piperidine rings is 1. The molecule has 2 saturated heterocycles. The number of nitrogens with one attached hydrogen (secondary N) is 1. The zero-order chi connectivity index (χ0) is 21.7. The van der Waals surface area contributed by atoms with Gasteiger partial charge in [-0.2, -0.15) is 0 Å². The second kappa shape index (κ2) is 9.82. The van der Waals surface area contributed by atoms with Gasteiger partial charge in [-0.1, -0.05) is 39.0 Å². The number of hydrogen-bond donors (Lipinski definition) is 1. The Labute approximate surface area is 180 Å². The minimum Gasteiger partial charge on any atom is -0.550 e. The van der Waals surface area contributed by atoms with Crippen LogP contribution in [0, 0.1) is 17.3 Å². The predicted octanol–water partition coefficient (Wildman–Crippen LogP) is 0.432. The zero-order valence-corrected chi connectivity index (χ0v) is 18.7. The number of rotatable bonds is 6. The van der Waals surface area contributed by atoms with E-state index in [1.807, 2.05) is 31.7 Å². The molecule has 0 unspecified atom stereocenters. The highest BCUT2D eigenvalue weighted by Crippen LogP contribution is 2.31. The third kappa shape index (κ3) is 5.97. The van der Waals surface area contributed by atoms with Crippen LogP contribution in [0.4, 0.5) is 5.69 Å². The first-order chi connectivity index (χ1) is 14.2. The van der Waals surface area contributed by atoms with Crippen LogP contribution in [-0.2, 0) is 9.59 Å². The summed E-state index contributed by atoms with van der Waals surface area (Å²) >= 11 is 0. The lowest BCUT2D eigenvalue weighted by atomic mass is 9.80. The Morgan fingerprint density at radius 2 is 1.73 bits per heavy atom. The molecule has 2 aliphatic heterocycles. The molecule has 2 fully saturated rings. The third-order valence-corrected chi connectivity index (χ3v) is 6.71. The molecule has 0 spiro atoms. The van der Waals surface area contributed by atoms with Gasteiger partial charge in [0, 0.05) is 36.6 Å². The molecule has 6 nitrogen and oxygen atoms in total. The summed E-state index contributed by atoms with van der Waals surface area (Å²) in [6, 6.07) is 10.5. The van der Waals surface area contributed by atoms with Crippen molar-refractivity contribution in [2.24, 2.45) is 17.3 Å². The number of nitrogens with zero attached hydrogens (tertiary/aromatic N) is 2. The second-order valence-corrected chi connectivity index (χ2v) is 10.00. The fraction of sp³-hybridized carbons (Fsp3) is 0.667. The Morgan fingerprint density at radius 3 is 2.33 bits per heavy atom. The van der Waals surface area contributed by atoms with E-state index in [0.29, 0.717) is 13.1 Å². The van der Waals surface area contributed by atoms with Crippen LogP contribution in [0.15, 0.2) is 30.3 Å². The predicted molar refractivity (Wildman–Crippen MR) is 116 cm³/mol. The largest absolute Gasteiger partial charge is 0.550 e. The Kier molecular flexibility index (Phi) is 7.40. The zero-order valence-electron chi connectivity index (χ0n) is 18.7. The van der Waals surface area contributed by atoms with Crippen molar-refractivity contribution in [3.63, 3.8) is 0 Å². The number of amides is 1. The lowest BCUT2D eigenvalue weighted by Crippen LogP contribution is -3.15. The topological polar surface area (TPSA) is 68.1 Å². The molecule has 0 aliphatic carbocycles. The lowest BCUT2D eigenvalue weighted by Gasteiger charge is -2.42. The number of quaternary nitrogens is 1. The summed E-state index contributed by atoms with van der Waals surface area (Å²) in [5, 5.41) is 11.3. The molecule has 1 amide bonds. The van der Waals surface area contributed by atoms with E-state index in [1.54, 1.807) is 4.90 Å². The third-order valence-electron chi connectivity index (χ3n) is 6.71. The number of piperazine rings is 1. The standard InChI is InChI=1S/C24H37N3O3/c1-24(2,3)23(30)27-12-10-19(17-22(28)29)20(18-27)9-11-25-13-15-26(16-14-25)21-7-5-4-6-8-21/h4-8,19-20H,9-18H2,1-3H3,(H,28,29)/t19-,20-/m0/s1. The number of benzene rings is 1. The normalized spacial score (nSPS) is 23.4. The number of carbonyl (C=O) groups excluding carboxylic acids is 2. The van der Waals surface area contributed by atoms with E-state index < -0.39 is 11.4 Å². The highest BCUT2D eigenvalue weighted by atomic mass is 16.4. The van der Waals surface area contributed by atoms with Crippen molar-refractivity contribution >= 4 is 17.6 Å². The average molecular weight is 416 g/mol. The molecule has 30 heavy (non-hydrogen) atoms. The summed E-state index contributed by atoms with van der Waals surface area (Å²) in [6.45, 7) is 12.5. The van der Waals surface area contributed by atoms with E-state index in [4.69, 9.17) is 0 Å². The van der Waals surface area contributed by atoms with Crippen molar-refractivity contribution in [3.8, 4) is 0 Å². The molecular weight excluding hydrogens is 378 g/mol. The van der Waals surface area contributed by atoms with E-state index in [0.717, 1.165) is 45.6 Å². The molecule has 1 N–H and O–H groups in total. The number of hydrogen-bond acceptors (Lipinski definition) is 4. The Morgan fingerprint density at radius 1 is 1.07 bits per heavy atom. The SMILES string of the molecule is CC(C)(C)C(=O)N1CC[C@@H](CC(=O)[O-])[C@@H](CC[NH+]2CCN(c3ccccc3)CC2)C1. The minimum atomic E-state index is -0.968. The van der Waals surface area contributed by atoms with Gasteiger partial charge in [0.2, 0.25) is 5.91 Å². The first kappa shape index (κ1) is 22.6. The van der Waals surface area contributed by atoms with Crippen molar-refractivity contribution in [3.05, 3.63) is 30.3 Å². The van der Waals surface area contributed by atoms with Crippen molar-refractivity contribution in [2.45, 2.75) is 40.0 Å². The lowest BCUT2D eigenvalue weighted by molar-refractivity contribution is -0.901. The van der Waals surface area contributed by atoms with Crippen molar-refractivity contribution in [2.75, 3.05) is 50.7 Å². The van der Waals surface area contributed by atoms with Gasteiger partial charge in [-0.05, 0) is 36.8 Å². The van der Waals surface area contributed by atoms with E-state index >= 15 is 0 Å². The van der Waals surface area contributed by atoms with E-state index in [-0.39, 0.29) is 24.2 Å². The van der Waals surface area contributed by atoms with Crippen LogP contribution >= 0.6 is 0 Å². The van der Waals surface area contributed by atoms with Crippen LogP contribution in [0.3, 0.4) is 0 Å². The Hall–Kier alpha value is -2.08. The average Bonchev–Trinajstić information content (AvgIpc) is 2.72. The molecule has 166 valence electrons. The molecule has 0 aromatic heterocycles. The fourth-order valence-electron chi connectivity index (χ4n) is 4.91. The summed E-state index contributed by atoms with van der Waals surface area (Å²) in [6.07, 6.45) is 1.84. The molecule has 0 bridgehead atoms. The summed E-state index contributed by atoms with van der Waals surface area (Å²) in [5.74, 6) is -0.445. The highest BCUT2D eigenvalue weighted by Gasteiger charge is 2.36. The fourth-order valence-corrected chi connectivity index (χ4v) is 4.91. The van der Waals surface area contributed by atoms with Crippen molar-refractivity contribution < 1.29 is 19.6 Å². The number of likely N-dealkylation sites (tertiary alicyclic amines) is 1. The monoisotopic (exact) mass is 415 g/mol. The van der Waals surface area contributed by atoms with Crippen LogP contribution in [0.2, 0.25) is 0 Å². The van der Waals surface area contributed by atoms with Gasteiger partial charge >= 0.3 is 0 Å². The number of aliphatic carboxylic acids is 1. The van der Waals surface area contributed by atoms with Gasteiger partial charge in [-0.15, -0.1) is 0 Å². The molecular formula is C24H37N3O3. The Bertz CT molecular complexity index is 708. The van der Waals surface area contributed by atoms with E-state index in [1.165, 1.54) is 5.69 Å². The molecule has 6 heteroatoms. The van der Waals surface area contributed by atoms with E-state index in [9.17, 15) is 14.7 Å². The van der Waals surface area contributed by atoms with Crippen LogP contribution in [0.5, 0.6) is 0 Å². The maximum atomic E-state index is 12.8. The van der Waals surface area contributed by atoms with Gasteiger partial charge in [-0.3, -0.25) is 4.79 Å². The van der Waals surface area contributed by atoms with Crippen LogP contribution in [0.1, 0.15) is 40.0 Å². The molecule has 2 heterocycles. The smallest absolute Gasteiger partial charge is 0.227 e. The van der Waals surface area contributed by atoms with Crippen LogP contribution in [0.25, 0.3) is 0 Å². The molecule has 1 aromatic rings. The molecule has 2 aliphatic rings. The summed E-state index contributed by atoms with van der Waals surface area (Å²) in [7, 11) is 0. The molecule has 0 radical (unpaired) electrons. The Balaban J connectivity index is 1.54. The molecule has 3 rings (SSSR count). The first-order valence-corrected chi connectivity index (χ1v) is 11.4. The summed E-state index contributed by atoms with van der Waals surface area (Å²) in [4.78, 5) is 30.0. The van der Waals surface area contributed by atoms with Crippen LogP contribution < -0.4 is 14.9 Å². The number of carboxylic acids is 1. The van der Waals surface area contributed by atoms with Gasteiger partial charge in [0.15, 0.2) is 0 Å². The van der Waals surface area contributed by atoms with Gasteiger partial charge in [0.25, 0.3) is 0 Å². The van der Waals surface area contributed by atoms with Crippen LogP contribution in [-0.4, -0.2) is 62.6 Å². The maximum Gasteiger partial charge on any atom is 0.227 e.